The number of hydrogen-bond acceptors (Lipinski definition) is 3. The number of benzene rings is 1. The highest BCUT2D eigenvalue weighted by atomic mass is 35.5. The number of hydrogen-bond donors (Lipinski definition) is 2. The smallest absolute Gasteiger partial charge is 0.121 e. The lowest BCUT2D eigenvalue weighted by molar-refractivity contribution is 0.101. The van der Waals surface area contributed by atoms with Crippen LogP contribution in [-0.4, -0.2) is 30.4 Å². The number of nitrogens with one attached hydrogen (secondary N) is 1. The van der Waals surface area contributed by atoms with E-state index in [1.807, 2.05) is 0 Å². The standard InChI is InChI=1S/C16H23Cl2NO2/c1-11-2-4-12(5-3-11)19-9-13(20)10-21-14-6-7-15(17)16(18)8-14/h6-8,11-13,19-20H,2-5,9-10H2,1H3. The number of aliphatic hydroxyl groups excluding tert-OH is 1. The van der Waals surface area contributed by atoms with Gasteiger partial charge in [-0.2, -0.15) is 0 Å². The second-order valence-corrected chi connectivity index (χ2v) is 6.72. The van der Waals surface area contributed by atoms with E-state index < -0.39 is 6.10 Å². The van der Waals surface area contributed by atoms with E-state index >= 15 is 0 Å². The Hall–Kier alpha value is -0.480. The highest BCUT2D eigenvalue weighted by Gasteiger charge is 2.18. The van der Waals surface area contributed by atoms with Crippen molar-refractivity contribution < 1.29 is 9.84 Å². The van der Waals surface area contributed by atoms with Crippen molar-refractivity contribution in [2.45, 2.75) is 44.8 Å². The van der Waals surface area contributed by atoms with Gasteiger partial charge in [-0.05, 0) is 43.7 Å². The Labute approximate surface area is 136 Å². The molecule has 2 N–H and O–H groups in total. The van der Waals surface area contributed by atoms with E-state index in [0.29, 0.717) is 28.4 Å². The molecule has 1 aromatic rings. The molecule has 1 saturated carbocycles. The van der Waals surface area contributed by atoms with Crippen molar-refractivity contribution in [1.82, 2.24) is 5.32 Å². The van der Waals surface area contributed by atoms with Crippen molar-refractivity contribution in [1.29, 1.82) is 0 Å². The van der Waals surface area contributed by atoms with E-state index in [0.717, 1.165) is 5.92 Å². The van der Waals surface area contributed by atoms with Gasteiger partial charge < -0.3 is 15.2 Å². The maximum Gasteiger partial charge on any atom is 0.121 e. The van der Waals surface area contributed by atoms with E-state index in [9.17, 15) is 5.11 Å². The molecule has 21 heavy (non-hydrogen) atoms. The van der Waals surface area contributed by atoms with Gasteiger partial charge in [-0.15, -0.1) is 0 Å². The zero-order valence-electron chi connectivity index (χ0n) is 12.3. The summed E-state index contributed by atoms with van der Waals surface area (Å²) in [7, 11) is 0. The Morgan fingerprint density at radius 3 is 2.62 bits per heavy atom. The van der Waals surface area contributed by atoms with Crippen LogP contribution in [0, 0.1) is 5.92 Å². The average Bonchev–Trinajstić information content (AvgIpc) is 2.48. The van der Waals surface area contributed by atoms with Crippen LogP contribution in [0.25, 0.3) is 0 Å². The number of aliphatic hydroxyl groups is 1. The van der Waals surface area contributed by atoms with Gasteiger partial charge in [0.25, 0.3) is 0 Å². The Morgan fingerprint density at radius 1 is 1.24 bits per heavy atom. The van der Waals surface area contributed by atoms with Crippen LogP contribution >= 0.6 is 23.2 Å². The van der Waals surface area contributed by atoms with Crippen molar-refractivity contribution in [3.05, 3.63) is 28.2 Å². The molecule has 2 rings (SSSR count). The summed E-state index contributed by atoms with van der Waals surface area (Å²) in [4.78, 5) is 0. The maximum absolute atomic E-state index is 9.97. The fourth-order valence-electron chi connectivity index (χ4n) is 2.58. The highest BCUT2D eigenvalue weighted by Crippen LogP contribution is 2.26. The van der Waals surface area contributed by atoms with Crippen molar-refractivity contribution in [2.24, 2.45) is 5.92 Å². The SMILES string of the molecule is CC1CCC(NCC(O)COc2ccc(Cl)c(Cl)c2)CC1. The van der Waals surface area contributed by atoms with E-state index in [4.69, 9.17) is 27.9 Å². The third-order valence-corrected chi connectivity index (χ3v) is 4.73. The third kappa shape index (κ3) is 5.67. The molecule has 0 heterocycles. The molecule has 1 fully saturated rings. The van der Waals surface area contributed by atoms with Gasteiger partial charge in [0.1, 0.15) is 18.5 Å². The van der Waals surface area contributed by atoms with Crippen LogP contribution in [0.5, 0.6) is 5.75 Å². The minimum Gasteiger partial charge on any atom is -0.491 e. The lowest BCUT2D eigenvalue weighted by atomic mass is 9.87. The summed E-state index contributed by atoms with van der Waals surface area (Å²) in [5.41, 5.74) is 0. The van der Waals surface area contributed by atoms with Gasteiger partial charge >= 0.3 is 0 Å². The zero-order chi connectivity index (χ0) is 15.2. The summed E-state index contributed by atoms with van der Waals surface area (Å²) >= 11 is 11.8. The molecule has 1 aliphatic carbocycles. The van der Waals surface area contributed by atoms with Gasteiger partial charge in [-0.25, -0.2) is 0 Å². The average molecular weight is 332 g/mol. The molecule has 0 bridgehead atoms. The van der Waals surface area contributed by atoms with Gasteiger partial charge in [-0.3, -0.25) is 0 Å². The van der Waals surface area contributed by atoms with E-state index in [2.05, 4.69) is 12.2 Å². The van der Waals surface area contributed by atoms with Gasteiger partial charge in [0, 0.05) is 18.7 Å². The first-order valence-electron chi connectivity index (χ1n) is 7.54. The van der Waals surface area contributed by atoms with Crippen LogP contribution < -0.4 is 10.1 Å². The van der Waals surface area contributed by atoms with Gasteiger partial charge in [-0.1, -0.05) is 30.1 Å². The molecule has 118 valence electrons. The van der Waals surface area contributed by atoms with Crippen LogP contribution in [0.4, 0.5) is 0 Å². The molecule has 1 aromatic carbocycles. The van der Waals surface area contributed by atoms with E-state index in [1.54, 1.807) is 18.2 Å². The van der Waals surface area contributed by atoms with E-state index in [-0.39, 0.29) is 6.61 Å². The number of ether oxygens (including phenoxy) is 1. The predicted octanol–water partition coefficient (Wildman–Crippen LogP) is 3.90. The second-order valence-electron chi connectivity index (χ2n) is 5.91. The number of halogens is 2. The number of rotatable bonds is 6. The first-order chi connectivity index (χ1) is 10.0. The van der Waals surface area contributed by atoms with Crippen molar-refractivity contribution in [3.63, 3.8) is 0 Å². The van der Waals surface area contributed by atoms with Crippen LogP contribution in [0.1, 0.15) is 32.6 Å². The molecule has 3 nitrogen and oxygen atoms in total. The molecule has 0 spiro atoms. The summed E-state index contributed by atoms with van der Waals surface area (Å²) in [6, 6.07) is 5.62. The Balaban J connectivity index is 1.67. The minimum absolute atomic E-state index is 0.244. The van der Waals surface area contributed by atoms with Crippen LogP contribution in [-0.2, 0) is 0 Å². The van der Waals surface area contributed by atoms with Crippen molar-refractivity contribution in [2.75, 3.05) is 13.2 Å². The van der Waals surface area contributed by atoms with Gasteiger partial charge in [0.2, 0.25) is 0 Å². The molecule has 0 saturated heterocycles. The summed E-state index contributed by atoms with van der Waals surface area (Å²) in [5, 5.41) is 14.3. The van der Waals surface area contributed by atoms with Crippen LogP contribution in [0.15, 0.2) is 18.2 Å². The fraction of sp³-hybridized carbons (Fsp3) is 0.625. The van der Waals surface area contributed by atoms with E-state index in [1.165, 1.54) is 25.7 Å². The topological polar surface area (TPSA) is 41.5 Å². The quantitative estimate of drug-likeness (QED) is 0.830. The fourth-order valence-corrected chi connectivity index (χ4v) is 2.87. The molecule has 0 radical (unpaired) electrons. The molecule has 0 aliphatic heterocycles. The highest BCUT2D eigenvalue weighted by molar-refractivity contribution is 6.42. The van der Waals surface area contributed by atoms with Gasteiger partial charge in [0.15, 0.2) is 0 Å². The Bertz CT molecular complexity index is 448. The zero-order valence-corrected chi connectivity index (χ0v) is 13.8. The third-order valence-electron chi connectivity index (χ3n) is 3.99. The predicted molar refractivity (Wildman–Crippen MR) is 87.4 cm³/mol. The lowest BCUT2D eigenvalue weighted by Gasteiger charge is -2.27. The second kappa shape index (κ2) is 8.23. The Morgan fingerprint density at radius 2 is 1.95 bits per heavy atom. The summed E-state index contributed by atoms with van der Waals surface area (Å²) < 4.78 is 5.53. The first kappa shape index (κ1) is 16.9. The molecular formula is C16H23Cl2NO2. The Kier molecular flexibility index (Phi) is 6.62. The lowest BCUT2D eigenvalue weighted by Crippen LogP contribution is -2.39. The van der Waals surface area contributed by atoms with Crippen LogP contribution in [0.2, 0.25) is 10.0 Å². The summed E-state index contributed by atoms with van der Waals surface area (Å²) in [6.45, 7) is 3.10. The summed E-state index contributed by atoms with van der Waals surface area (Å²) in [6.07, 6.45) is 4.41. The molecule has 1 aliphatic rings. The largest absolute Gasteiger partial charge is 0.491 e. The summed E-state index contributed by atoms with van der Waals surface area (Å²) in [5.74, 6) is 1.46. The molecule has 1 unspecified atom stereocenters. The molecule has 0 amide bonds. The van der Waals surface area contributed by atoms with Gasteiger partial charge in [0.05, 0.1) is 10.0 Å². The normalized spacial score (nSPS) is 23.8. The molecule has 1 atom stereocenters. The monoisotopic (exact) mass is 331 g/mol. The molecular weight excluding hydrogens is 309 g/mol. The maximum atomic E-state index is 9.97. The van der Waals surface area contributed by atoms with Crippen molar-refractivity contribution >= 4 is 23.2 Å². The molecule has 0 aromatic heterocycles. The first-order valence-corrected chi connectivity index (χ1v) is 8.29. The minimum atomic E-state index is -0.529. The molecule has 5 heteroatoms. The van der Waals surface area contributed by atoms with Crippen LogP contribution in [0.3, 0.4) is 0 Å². The van der Waals surface area contributed by atoms with Crippen molar-refractivity contribution in [3.8, 4) is 5.75 Å².